The normalized spacial score (nSPS) is 10.5. The van der Waals surface area contributed by atoms with Gasteiger partial charge in [-0.1, -0.05) is 35.5 Å². The van der Waals surface area contributed by atoms with Crippen LogP contribution in [0.2, 0.25) is 5.02 Å². The van der Waals surface area contributed by atoms with Crippen molar-refractivity contribution in [3.63, 3.8) is 0 Å². The Morgan fingerprint density at radius 1 is 1.06 bits per heavy atom. The summed E-state index contributed by atoms with van der Waals surface area (Å²) >= 11 is 7.64. The van der Waals surface area contributed by atoms with Crippen LogP contribution >= 0.6 is 23.4 Å². The summed E-state index contributed by atoms with van der Waals surface area (Å²) in [5.74, 6) is 0. The van der Waals surface area contributed by atoms with Crippen molar-refractivity contribution in [2.75, 3.05) is 5.73 Å². The topological polar surface area (TPSA) is 26.0 Å². The number of nitrogens with two attached hydrogens (primary N) is 1. The highest BCUT2D eigenvalue weighted by Crippen LogP contribution is 2.36. The molecule has 0 aliphatic heterocycles. The third kappa shape index (κ3) is 2.76. The summed E-state index contributed by atoms with van der Waals surface area (Å²) in [4.78, 5) is 2.18. The molecule has 0 bridgehead atoms. The second-order valence-electron chi connectivity index (χ2n) is 4.00. The molecule has 0 amide bonds. The number of para-hydroxylation sites is 1. The van der Waals surface area contributed by atoms with Gasteiger partial charge in [0.2, 0.25) is 0 Å². The van der Waals surface area contributed by atoms with E-state index >= 15 is 0 Å². The van der Waals surface area contributed by atoms with E-state index in [1.54, 1.807) is 17.8 Å². The van der Waals surface area contributed by atoms with Crippen molar-refractivity contribution in [1.82, 2.24) is 0 Å². The van der Waals surface area contributed by atoms with Crippen LogP contribution in [-0.4, -0.2) is 0 Å². The number of nitrogen functional groups attached to an aromatic ring is 1. The zero-order valence-corrected chi connectivity index (χ0v) is 11.4. The van der Waals surface area contributed by atoms with Gasteiger partial charge in [-0.25, -0.2) is 0 Å². The summed E-state index contributed by atoms with van der Waals surface area (Å²) in [5.41, 5.74) is 9.18. The highest BCUT2D eigenvalue weighted by atomic mass is 35.5. The number of halogens is 1. The average Bonchev–Trinajstić information content (AvgIpc) is 2.30. The third-order valence-corrected chi connectivity index (χ3v) is 4.11. The molecule has 2 rings (SSSR count). The van der Waals surface area contributed by atoms with Crippen molar-refractivity contribution in [2.24, 2.45) is 0 Å². The molecule has 3 heteroatoms. The highest BCUT2D eigenvalue weighted by molar-refractivity contribution is 7.99. The molecule has 0 aromatic heterocycles. The molecule has 0 heterocycles. The van der Waals surface area contributed by atoms with Crippen molar-refractivity contribution < 1.29 is 0 Å². The maximum Gasteiger partial charge on any atom is 0.0647 e. The lowest BCUT2D eigenvalue weighted by Crippen LogP contribution is -1.89. The quantitative estimate of drug-likeness (QED) is 0.796. The van der Waals surface area contributed by atoms with Crippen molar-refractivity contribution in [2.45, 2.75) is 23.6 Å². The fraction of sp³-hybridized carbons (Fsp3) is 0.143. The molecule has 0 saturated carbocycles. The van der Waals surface area contributed by atoms with Crippen LogP contribution in [0.5, 0.6) is 0 Å². The van der Waals surface area contributed by atoms with E-state index < -0.39 is 0 Å². The number of anilines is 1. The van der Waals surface area contributed by atoms with E-state index in [1.807, 2.05) is 12.1 Å². The summed E-state index contributed by atoms with van der Waals surface area (Å²) in [6.45, 7) is 4.22. The van der Waals surface area contributed by atoms with Crippen molar-refractivity contribution in [1.29, 1.82) is 0 Å². The van der Waals surface area contributed by atoms with Crippen LogP contribution in [0.25, 0.3) is 0 Å². The minimum atomic E-state index is 0.610. The number of aryl methyl sites for hydroxylation is 2. The van der Waals surface area contributed by atoms with Gasteiger partial charge in [-0.05, 0) is 49.2 Å². The average molecular weight is 264 g/mol. The molecule has 0 fully saturated rings. The standard InChI is InChI=1S/C14H14ClNS/c1-9-6-7-11(8-10(9)2)17-13-5-3-4-12(15)14(13)16/h3-8H,16H2,1-2H3. The van der Waals surface area contributed by atoms with Crippen LogP contribution in [0, 0.1) is 13.8 Å². The van der Waals surface area contributed by atoms with Crippen LogP contribution in [0.3, 0.4) is 0 Å². The number of hydrogen-bond acceptors (Lipinski definition) is 2. The molecule has 1 nitrogen and oxygen atoms in total. The van der Waals surface area contributed by atoms with E-state index in [2.05, 4.69) is 32.0 Å². The Hall–Kier alpha value is -1.12. The summed E-state index contributed by atoms with van der Waals surface area (Å²) in [6, 6.07) is 12.1. The smallest absolute Gasteiger partial charge is 0.0647 e. The Morgan fingerprint density at radius 3 is 2.53 bits per heavy atom. The van der Waals surface area contributed by atoms with Crippen molar-refractivity contribution >= 4 is 29.1 Å². The zero-order chi connectivity index (χ0) is 12.4. The Morgan fingerprint density at radius 2 is 1.82 bits per heavy atom. The summed E-state index contributed by atoms with van der Waals surface area (Å²) in [5, 5.41) is 0.610. The fourth-order valence-electron chi connectivity index (χ4n) is 1.51. The SMILES string of the molecule is Cc1ccc(Sc2cccc(Cl)c2N)cc1C. The minimum Gasteiger partial charge on any atom is -0.397 e. The molecule has 0 aliphatic carbocycles. The molecule has 0 radical (unpaired) electrons. The first-order valence-electron chi connectivity index (χ1n) is 5.37. The molecule has 88 valence electrons. The van der Waals surface area contributed by atoms with Gasteiger partial charge >= 0.3 is 0 Å². The van der Waals surface area contributed by atoms with Gasteiger partial charge in [0, 0.05) is 9.79 Å². The highest BCUT2D eigenvalue weighted by Gasteiger charge is 2.05. The van der Waals surface area contributed by atoms with Gasteiger partial charge in [-0.3, -0.25) is 0 Å². The molecule has 0 spiro atoms. The molecule has 2 N–H and O–H groups in total. The molecule has 2 aromatic rings. The summed E-state index contributed by atoms with van der Waals surface area (Å²) in [7, 11) is 0. The molecule has 0 unspecified atom stereocenters. The lowest BCUT2D eigenvalue weighted by molar-refractivity contribution is 1.27. The molecule has 0 aliphatic rings. The van der Waals surface area contributed by atoms with Crippen LogP contribution < -0.4 is 5.73 Å². The monoisotopic (exact) mass is 263 g/mol. The van der Waals surface area contributed by atoms with Gasteiger partial charge in [-0.15, -0.1) is 0 Å². The second-order valence-corrected chi connectivity index (χ2v) is 5.52. The predicted octanol–water partition coefficient (Wildman–Crippen LogP) is 4.69. The first-order chi connectivity index (χ1) is 8.08. The van der Waals surface area contributed by atoms with E-state index in [-0.39, 0.29) is 0 Å². The zero-order valence-electron chi connectivity index (χ0n) is 9.83. The molecule has 0 saturated heterocycles. The van der Waals surface area contributed by atoms with Gasteiger partial charge in [-0.2, -0.15) is 0 Å². The predicted molar refractivity (Wildman–Crippen MR) is 75.9 cm³/mol. The van der Waals surface area contributed by atoms with Crippen LogP contribution in [-0.2, 0) is 0 Å². The maximum atomic E-state index is 6.00. The van der Waals surface area contributed by atoms with E-state index in [0.717, 1.165) is 4.90 Å². The summed E-state index contributed by atoms with van der Waals surface area (Å²) < 4.78 is 0. The first-order valence-corrected chi connectivity index (χ1v) is 6.56. The van der Waals surface area contributed by atoms with E-state index in [1.165, 1.54) is 16.0 Å². The lowest BCUT2D eigenvalue weighted by atomic mass is 10.1. The van der Waals surface area contributed by atoms with E-state index in [0.29, 0.717) is 10.7 Å². The number of benzene rings is 2. The van der Waals surface area contributed by atoms with E-state index in [4.69, 9.17) is 17.3 Å². The lowest BCUT2D eigenvalue weighted by Gasteiger charge is -2.08. The minimum absolute atomic E-state index is 0.610. The maximum absolute atomic E-state index is 6.00. The van der Waals surface area contributed by atoms with Gasteiger partial charge in [0.05, 0.1) is 10.7 Å². The molecule has 0 atom stereocenters. The van der Waals surface area contributed by atoms with Gasteiger partial charge < -0.3 is 5.73 Å². The fourth-order valence-corrected chi connectivity index (χ4v) is 2.73. The van der Waals surface area contributed by atoms with Gasteiger partial charge in [0.15, 0.2) is 0 Å². The Bertz CT molecular complexity index is 552. The molecular formula is C14H14ClNS. The largest absolute Gasteiger partial charge is 0.397 e. The van der Waals surface area contributed by atoms with Crippen molar-refractivity contribution in [3.05, 3.63) is 52.5 Å². The first kappa shape index (κ1) is 12.3. The van der Waals surface area contributed by atoms with Crippen LogP contribution in [0.4, 0.5) is 5.69 Å². The third-order valence-electron chi connectivity index (χ3n) is 2.72. The van der Waals surface area contributed by atoms with Crippen molar-refractivity contribution in [3.8, 4) is 0 Å². The van der Waals surface area contributed by atoms with Crippen LogP contribution in [0.1, 0.15) is 11.1 Å². The Labute approximate surface area is 111 Å². The Balaban J connectivity index is 2.31. The van der Waals surface area contributed by atoms with E-state index in [9.17, 15) is 0 Å². The van der Waals surface area contributed by atoms with Crippen LogP contribution in [0.15, 0.2) is 46.2 Å². The molecule has 17 heavy (non-hydrogen) atoms. The number of hydrogen-bond donors (Lipinski definition) is 1. The number of rotatable bonds is 2. The molecule has 2 aromatic carbocycles. The second kappa shape index (κ2) is 5.03. The molecular weight excluding hydrogens is 250 g/mol. The van der Waals surface area contributed by atoms with Gasteiger partial charge in [0.1, 0.15) is 0 Å². The van der Waals surface area contributed by atoms with Gasteiger partial charge in [0.25, 0.3) is 0 Å². The summed E-state index contributed by atoms with van der Waals surface area (Å²) in [6.07, 6.45) is 0. The Kier molecular flexibility index (Phi) is 3.65.